The van der Waals surface area contributed by atoms with Gasteiger partial charge in [0.25, 0.3) is 0 Å². The van der Waals surface area contributed by atoms with Gasteiger partial charge in [-0.05, 0) is 59.3 Å². The molecule has 0 radical (unpaired) electrons. The zero-order chi connectivity index (χ0) is 13.0. The van der Waals surface area contributed by atoms with E-state index in [-0.39, 0.29) is 0 Å². The Morgan fingerprint density at radius 1 is 1.17 bits per heavy atom. The number of nitrogens with one attached hydrogen (secondary N) is 1. The molecule has 100 valence electrons. The summed E-state index contributed by atoms with van der Waals surface area (Å²) < 4.78 is 2.29. The molecule has 1 fully saturated rings. The minimum absolute atomic E-state index is 0.632. The van der Waals surface area contributed by atoms with Crippen molar-refractivity contribution in [2.24, 2.45) is 5.92 Å². The number of rotatable bonds is 3. The van der Waals surface area contributed by atoms with Crippen molar-refractivity contribution < 1.29 is 0 Å². The molecule has 0 aliphatic heterocycles. The summed E-state index contributed by atoms with van der Waals surface area (Å²) in [7, 11) is 0. The monoisotopic (exact) mass is 373 g/mol. The number of halogens is 2. The van der Waals surface area contributed by atoms with Crippen molar-refractivity contribution in [2.45, 2.75) is 51.5 Å². The van der Waals surface area contributed by atoms with E-state index in [4.69, 9.17) is 0 Å². The third-order valence-electron chi connectivity index (χ3n) is 3.95. The van der Waals surface area contributed by atoms with E-state index >= 15 is 0 Å². The van der Waals surface area contributed by atoms with Gasteiger partial charge in [0, 0.05) is 20.7 Å². The molecular weight excluding hydrogens is 354 g/mol. The highest BCUT2D eigenvalue weighted by Crippen LogP contribution is 2.31. The zero-order valence-electron chi connectivity index (χ0n) is 10.9. The summed E-state index contributed by atoms with van der Waals surface area (Å²) in [6.45, 7) is 2.32. The Morgan fingerprint density at radius 2 is 2.00 bits per heavy atom. The smallest absolute Gasteiger partial charge is 0.0498 e. The van der Waals surface area contributed by atoms with Crippen LogP contribution in [0.5, 0.6) is 0 Å². The second kappa shape index (κ2) is 6.95. The first-order valence-corrected chi connectivity index (χ1v) is 8.49. The lowest BCUT2D eigenvalue weighted by Gasteiger charge is -2.19. The molecule has 1 aliphatic rings. The van der Waals surface area contributed by atoms with Crippen LogP contribution >= 0.6 is 31.9 Å². The lowest BCUT2D eigenvalue weighted by atomic mass is 9.98. The molecule has 0 spiro atoms. The quantitative estimate of drug-likeness (QED) is 0.641. The Hall–Kier alpha value is -0.0200. The summed E-state index contributed by atoms with van der Waals surface area (Å²) in [4.78, 5) is 0. The molecule has 1 aromatic carbocycles. The summed E-state index contributed by atoms with van der Waals surface area (Å²) in [5.41, 5.74) is 1.21. The average molecular weight is 375 g/mol. The van der Waals surface area contributed by atoms with Gasteiger partial charge in [-0.1, -0.05) is 42.1 Å². The normalized spacial score (nSPS) is 24.6. The predicted octanol–water partition coefficient (Wildman–Crippen LogP) is 5.98. The second-order valence-electron chi connectivity index (χ2n) is 5.25. The summed E-state index contributed by atoms with van der Waals surface area (Å²) in [6.07, 6.45) is 8.09. The van der Waals surface area contributed by atoms with Crippen LogP contribution in [0.15, 0.2) is 27.1 Å². The number of hydrogen-bond acceptors (Lipinski definition) is 1. The van der Waals surface area contributed by atoms with Gasteiger partial charge in [0.2, 0.25) is 0 Å². The number of hydrogen-bond donors (Lipinski definition) is 1. The van der Waals surface area contributed by atoms with Crippen LogP contribution in [0.25, 0.3) is 0 Å². The van der Waals surface area contributed by atoms with Crippen molar-refractivity contribution in [1.82, 2.24) is 0 Å². The van der Waals surface area contributed by atoms with E-state index in [9.17, 15) is 0 Å². The fraction of sp³-hybridized carbons (Fsp3) is 0.600. The van der Waals surface area contributed by atoms with E-state index in [0.29, 0.717) is 6.04 Å². The molecule has 0 aromatic heterocycles. The number of anilines is 1. The van der Waals surface area contributed by atoms with Gasteiger partial charge in [-0.15, -0.1) is 0 Å². The van der Waals surface area contributed by atoms with E-state index in [0.717, 1.165) is 14.9 Å². The van der Waals surface area contributed by atoms with Crippen LogP contribution in [-0.4, -0.2) is 6.04 Å². The number of benzene rings is 1. The van der Waals surface area contributed by atoms with Crippen LogP contribution in [0.1, 0.15) is 45.4 Å². The van der Waals surface area contributed by atoms with E-state index in [1.54, 1.807) is 0 Å². The average Bonchev–Trinajstić information content (AvgIpc) is 2.59. The van der Waals surface area contributed by atoms with Gasteiger partial charge in [0.15, 0.2) is 0 Å². The van der Waals surface area contributed by atoms with Crippen molar-refractivity contribution in [1.29, 1.82) is 0 Å². The van der Waals surface area contributed by atoms with E-state index in [1.807, 2.05) is 0 Å². The van der Waals surface area contributed by atoms with Gasteiger partial charge in [-0.25, -0.2) is 0 Å². The van der Waals surface area contributed by atoms with Gasteiger partial charge in [0.1, 0.15) is 0 Å². The molecule has 18 heavy (non-hydrogen) atoms. The lowest BCUT2D eigenvalue weighted by molar-refractivity contribution is 0.444. The van der Waals surface area contributed by atoms with Crippen molar-refractivity contribution in [2.75, 3.05) is 5.32 Å². The van der Waals surface area contributed by atoms with Gasteiger partial charge >= 0.3 is 0 Å². The van der Waals surface area contributed by atoms with Crippen LogP contribution in [0.3, 0.4) is 0 Å². The molecule has 1 nitrogen and oxygen atoms in total. The first-order valence-electron chi connectivity index (χ1n) is 6.90. The Balaban J connectivity index is 1.98. The maximum absolute atomic E-state index is 3.70. The van der Waals surface area contributed by atoms with Crippen molar-refractivity contribution in [3.05, 3.63) is 27.1 Å². The van der Waals surface area contributed by atoms with E-state index < -0.39 is 0 Å². The van der Waals surface area contributed by atoms with Crippen LogP contribution in [-0.2, 0) is 0 Å². The molecule has 1 aromatic rings. The minimum Gasteiger partial charge on any atom is -0.381 e. The molecule has 3 heteroatoms. The molecule has 0 amide bonds. The van der Waals surface area contributed by atoms with Crippen LogP contribution < -0.4 is 5.32 Å². The molecule has 0 bridgehead atoms. The standard InChI is InChI=1S/C15H21Br2N/c1-2-11-4-3-5-13(8-6-11)18-15-10-12(16)7-9-14(15)17/h7,9-11,13,18H,2-6,8H2,1H3. The maximum Gasteiger partial charge on any atom is 0.0498 e. The minimum atomic E-state index is 0.632. The van der Waals surface area contributed by atoms with Gasteiger partial charge in [-0.3, -0.25) is 0 Å². The molecule has 1 N–H and O–H groups in total. The first kappa shape index (κ1) is 14.4. The molecule has 2 atom stereocenters. The summed E-state index contributed by atoms with van der Waals surface area (Å²) in [6, 6.07) is 6.95. The third-order valence-corrected chi connectivity index (χ3v) is 5.14. The van der Waals surface area contributed by atoms with Crippen molar-refractivity contribution in [3.8, 4) is 0 Å². The first-order chi connectivity index (χ1) is 8.69. The molecule has 0 saturated heterocycles. The summed E-state index contributed by atoms with van der Waals surface area (Å²) in [5.74, 6) is 0.947. The topological polar surface area (TPSA) is 12.0 Å². The van der Waals surface area contributed by atoms with Crippen molar-refractivity contribution >= 4 is 37.5 Å². The molecule has 0 heterocycles. The highest BCUT2D eigenvalue weighted by molar-refractivity contribution is 9.11. The van der Waals surface area contributed by atoms with Crippen LogP contribution in [0.2, 0.25) is 0 Å². The van der Waals surface area contributed by atoms with Gasteiger partial charge in [0.05, 0.1) is 0 Å². The van der Waals surface area contributed by atoms with Gasteiger partial charge < -0.3 is 5.32 Å². The second-order valence-corrected chi connectivity index (χ2v) is 7.02. The van der Waals surface area contributed by atoms with E-state index in [2.05, 4.69) is 62.3 Å². The lowest BCUT2D eigenvalue weighted by Crippen LogP contribution is -2.18. The largest absolute Gasteiger partial charge is 0.381 e. The van der Waals surface area contributed by atoms with Crippen molar-refractivity contribution in [3.63, 3.8) is 0 Å². The Bertz CT molecular complexity index is 392. The van der Waals surface area contributed by atoms with Gasteiger partial charge in [-0.2, -0.15) is 0 Å². The molecule has 2 rings (SSSR count). The fourth-order valence-corrected chi connectivity index (χ4v) is 3.48. The fourth-order valence-electron chi connectivity index (χ4n) is 2.76. The predicted molar refractivity (Wildman–Crippen MR) is 86.1 cm³/mol. The molecular formula is C15H21Br2N. The summed E-state index contributed by atoms with van der Waals surface area (Å²) >= 11 is 7.16. The summed E-state index contributed by atoms with van der Waals surface area (Å²) in [5, 5.41) is 3.70. The zero-order valence-corrected chi connectivity index (χ0v) is 14.1. The molecule has 1 aliphatic carbocycles. The maximum atomic E-state index is 3.70. The third kappa shape index (κ3) is 3.99. The Kier molecular flexibility index (Phi) is 5.56. The van der Waals surface area contributed by atoms with E-state index in [1.165, 1.54) is 44.2 Å². The molecule has 1 saturated carbocycles. The highest BCUT2D eigenvalue weighted by Gasteiger charge is 2.18. The Morgan fingerprint density at radius 3 is 2.78 bits per heavy atom. The molecule has 2 unspecified atom stereocenters. The highest BCUT2D eigenvalue weighted by atomic mass is 79.9. The van der Waals surface area contributed by atoms with Crippen LogP contribution in [0.4, 0.5) is 5.69 Å². The van der Waals surface area contributed by atoms with Crippen LogP contribution in [0, 0.1) is 5.92 Å². The SMILES string of the molecule is CCC1CCCC(Nc2cc(Br)ccc2Br)CC1. The Labute approximate surface area is 127 Å².